The van der Waals surface area contributed by atoms with E-state index in [0.717, 1.165) is 16.5 Å². The third kappa shape index (κ3) is 4.24. The number of amides is 1. The molecule has 7 heteroatoms. The SMILES string of the molecule is COc1ccc2c(c1)=N[C@H](SCC(=O)Nc1cccc(C(C)=O)c1)N=2. The van der Waals surface area contributed by atoms with Crippen LogP contribution in [-0.2, 0) is 4.79 Å². The molecule has 0 fully saturated rings. The van der Waals surface area contributed by atoms with Gasteiger partial charge in [0.15, 0.2) is 11.3 Å². The molecule has 6 nitrogen and oxygen atoms in total. The average Bonchev–Trinajstić information content (AvgIpc) is 3.02. The van der Waals surface area contributed by atoms with Crippen LogP contribution in [0, 0.1) is 0 Å². The van der Waals surface area contributed by atoms with Gasteiger partial charge >= 0.3 is 0 Å². The second-order valence-corrected chi connectivity index (χ2v) is 6.48. The van der Waals surface area contributed by atoms with Crippen molar-refractivity contribution in [3.05, 3.63) is 58.7 Å². The first-order valence-corrected chi connectivity index (χ1v) is 8.72. The Morgan fingerprint density at radius 3 is 2.72 bits per heavy atom. The molecule has 2 aromatic rings. The third-order valence-electron chi connectivity index (χ3n) is 3.60. The number of carbonyl (C=O) groups is 2. The molecule has 0 saturated carbocycles. The number of fused-ring (bicyclic) bond motifs is 1. The summed E-state index contributed by atoms with van der Waals surface area (Å²) in [5, 5.41) is 4.35. The minimum Gasteiger partial charge on any atom is -0.497 e. The van der Waals surface area contributed by atoms with Crippen molar-refractivity contribution in [1.29, 1.82) is 0 Å². The van der Waals surface area contributed by atoms with E-state index >= 15 is 0 Å². The van der Waals surface area contributed by atoms with Crippen LogP contribution in [0.25, 0.3) is 0 Å². The summed E-state index contributed by atoms with van der Waals surface area (Å²) >= 11 is 1.34. The number of nitrogens with zero attached hydrogens (tertiary/aromatic N) is 2. The fourth-order valence-electron chi connectivity index (χ4n) is 2.35. The first-order chi connectivity index (χ1) is 12.0. The van der Waals surface area contributed by atoms with E-state index in [2.05, 4.69) is 15.3 Å². The third-order valence-corrected chi connectivity index (χ3v) is 4.54. The Hall–Kier alpha value is -2.67. The van der Waals surface area contributed by atoms with Crippen LogP contribution in [0.5, 0.6) is 5.75 Å². The molecule has 0 aromatic heterocycles. The van der Waals surface area contributed by atoms with E-state index < -0.39 is 0 Å². The number of hydrogen-bond donors (Lipinski definition) is 1. The van der Waals surface area contributed by atoms with Gasteiger partial charge in [-0.15, -0.1) is 11.8 Å². The smallest absolute Gasteiger partial charge is 0.234 e. The lowest BCUT2D eigenvalue weighted by molar-refractivity contribution is -0.113. The molecule has 1 atom stereocenters. The average molecular weight is 355 g/mol. The summed E-state index contributed by atoms with van der Waals surface area (Å²) in [6, 6.07) is 12.4. The zero-order chi connectivity index (χ0) is 17.8. The molecular weight excluding hydrogens is 338 g/mol. The van der Waals surface area contributed by atoms with Gasteiger partial charge in [0.1, 0.15) is 5.75 Å². The second kappa shape index (κ2) is 7.48. The number of ether oxygens (including phenoxy) is 1. The van der Waals surface area contributed by atoms with Gasteiger partial charge in [0.2, 0.25) is 5.91 Å². The minimum atomic E-state index is -0.337. The van der Waals surface area contributed by atoms with Gasteiger partial charge in [-0.1, -0.05) is 12.1 Å². The fraction of sp³-hybridized carbons (Fsp3) is 0.222. The van der Waals surface area contributed by atoms with Crippen LogP contribution in [0.3, 0.4) is 0 Å². The molecule has 0 radical (unpaired) electrons. The molecule has 1 aliphatic heterocycles. The van der Waals surface area contributed by atoms with Gasteiger partial charge in [-0.25, -0.2) is 9.98 Å². The number of thioether (sulfide) groups is 1. The molecule has 0 bridgehead atoms. The Morgan fingerprint density at radius 1 is 1.16 bits per heavy atom. The highest BCUT2D eigenvalue weighted by Gasteiger charge is 2.14. The predicted octanol–water partition coefficient (Wildman–Crippen LogP) is 1.81. The number of ketones is 1. The van der Waals surface area contributed by atoms with E-state index in [1.165, 1.54) is 18.7 Å². The number of Topliss-reactive ketones (excluding diaryl/α,β-unsaturated/α-hetero) is 1. The number of rotatable bonds is 6. The topological polar surface area (TPSA) is 80.1 Å². The fourth-order valence-corrected chi connectivity index (χ4v) is 3.10. The van der Waals surface area contributed by atoms with Gasteiger partial charge in [0, 0.05) is 17.3 Å². The molecule has 0 saturated heterocycles. The Morgan fingerprint density at radius 2 is 1.96 bits per heavy atom. The Balaban J connectivity index is 1.59. The maximum atomic E-state index is 12.1. The van der Waals surface area contributed by atoms with Crippen LogP contribution >= 0.6 is 11.8 Å². The Bertz CT molecular complexity index is 943. The van der Waals surface area contributed by atoms with E-state index in [0.29, 0.717) is 11.3 Å². The van der Waals surface area contributed by atoms with Crippen LogP contribution in [0.2, 0.25) is 0 Å². The van der Waals surface area contributed by atoms with Crippen LogP contribution in [-0.4, -0.2) is 30.1 Å². The van der Waals surface area contributed by atoms with Crippen molar-refractivity contribution in [2.24, 2.45) is 9.98 Å². The molecular formula is C18H17N3O3S. The van der Waals surface area contributed by atoms with Crippen molar-refractivity contribution in [2.45, 2.75) is 12.4 Å². The molecule has 1 aliphatic rings. The molecule has 1 N–H and O–H groups in total. The van der Waals surface area contributed by atoms with Gasteiger partial charge in [-0.3, -0.25) is 9.59 Å². The number of benzene rings is 2. The summed E-state index contributed by atoms with van der Waals surface area (Å²) < 4.78 is 5.17. The summed E-state index contributed by atoms with van der Waals surface area (Å²) in [6.07, 6.45) is 0. The maximum Gasteiger partial charge on any atom is 0.234 e. The van der Waals surface area contributed by atoms with Crippen molar-refractivity contribution < 1.29 is 14.3 Å². The summed E-state index contributed by atoms with van der Waals surface area (Å²) in [6.45, 7) is 1.49. The second-order valence-electron chi connectivity index (χ2n) is 5.44. The summed E-state index contributed by atoms with van der Waals surface area (Å²) in [4.78, 5) is 32.4. The quantitative estimate of drug-likeness (QED) is 0.802. The van der Waals surface area contributed by atoms with Gasteiger partial charge in [0.05, 0.1) is 23.6 Å². The highest BCUT2D eigenvalue weighted by Crippen LogP contribution is 2.17. The molecule has 0 spiro atoms. The number of methoxy groups -OCH3 is 1. The lowest BCUT2D eigenvalue weighted by Gasteiger charge is -2.07. The number of anilines is 1. The maximum absolute atomic E-state index is 12.1. The molecule has 3 rings (SSSR count). The van der Waals surface area contributed by atoms with E-state index in [4.69, 9.17) is 4.74 Å². The Labute approximate surface area is 149 Å². The molecule has 128 valence electrons. The zero-order valence-corrected chi connectivity index (χ0v) is 14.7. The van der Waals surface area contributed by atoms with Gasteiger partial charge in [-0.2, -0.15) is 0 Å². The first-order valence-electron chi connectivity index (χ1n) is 7.67. The lowest BCUT2D eigenvalue weighted by atomic mass is 10.1. The number of nitrogens with one attached hydrogen (secondary N) is 1. The van der Waals surface area contributed by atoms with Gasteiger partial charge in [0.25, 0.3) is 0 Å². The van der Waals surface area contributed by atoms with E-state index in [1.54, 1.807) is 31.4 Å². The van der Waals surface area contributed by atoms with Gasteiger partial charge < -0.3 is 10.1 Å². The summed E-state index contributed by atoms with van der Waals surface area (Å²) in [5.74, 6) is 0.742. The van der Waals surface area contributed by atoms with Crippen molar-refractivity contribution in [3.63, 3.8) is 0 Å². The summed E-state index contributed by atoms with van der Waals surface area (Å²) in [5.41, 5.74) is 0.832. The molecule has 1 amide bonds. The largest absolute Gasteiger partial charge is 0.497 e. The van der Waals surface area contributed by atoms with Crippen molar-refractivity contribution >= 4 is 29.1 Å². The van der Waals surface area contributed by atoms with Gasteiger partial charge in [-0.05, 0) is 31.2 Å². The van der Waals surface area contributed by atoms with Crippen molar-refractivity contribution in [2.75, 3.05) is 18.2 Å². The minimum absolute atomic E-state index is 0.0396. The predicted molar refractivity (Wildman–Crippen MR) is 96.6 cm³/mol. The Kier molecular flexibility index (Phi) is 5.14. The molecule has 25 heavy (non-hydrogen) atoms. The molecule has 1 heterocycles. The number of carbonyl (C=O) groups excluding carboxylic acids is 2. The van der Waals surface area contributed by atoms with E-state index in [1.807, 2.05) is 18.2 Å². The molecule has 0 aliphatic carbocycles. The van der Waals surface area contributed by atoms with Crippen molar-refractivity contribution in [1.82, 2.24) is 0 Å². The standard InChI is InChI=1S/C18H17N3O3S/c1-11(22)12-4-3-5-13(8-12)19-17(23)10-25-18-20-15-7-6-14(24-2)9-16(15)21-18/h3-9,18H,10H2,1-2H3,(H,19,23)/t18-/m1/s1. The molecule has 0 unspecified atom stereocenters. The monoisotopic (exact) mass is 355 g/mol. The van der Waals surface area contributed by atoms with Crippen LogP contribution < -0.4 is 20.8 Å². The zero-order valence-electron chi connectivity index (χ0n) is 13.9. The van der Waals surface area contributed by atoms with E-state index in [9.17, 15) is 9.59 Å². The highest BCUT2D eigenvalue weighted by molar-refractivity contribution is 8.00. The summed E-state index contributed by atoms with van der Waals surface area (Å²) in [7, 11) is 1.60. The lowest BCUT2D eigenvalue weighted by Crippen LogP contribution is -2.20. The first kappa shape index (κ1) is 17.2. The van der Waals surface area contributed by atoms with Crippen molar-refractivity contribution in [3.8, 4) is 5.75 Å². The number of hydrogen-bond acceptors (Lipinski definition) is 6. The van der Waals surface area contributed by atoms with Crippen LogP contribution in [0.1, 0.15) is 17.3 Å². The van der Waals surface area contributed by atoms with Crippen LogP contribution in [0.15, 0.2) is 52.4 Å². The molecule has 2 aromatic carbocycles. The highest BCUT2D eigenvalue weighted by atomic mass is 32.2. The van der Waals surface area contributed by atoms with Crippen LogP contribution in [0.4, 0.5) is 5.69 Å². The van der Waals surface area contributed by atoms with E-state index in [-0.39, 0.29) is 22.9 Å². The normalized spacial score (nSPS) is 14.9.